The maximum absolute atomic E-state index is 5.51. The highest BCUT2D eigenvalue weighted by Gasteiger charge is 2.20. The predicted octanol–water partition coefficient (Wildman–Crippen LogP) is 3.25. The van der Waals surface area contributed by atoms with Crippen LogP contribution in [0.1, 0.15) is 18.0 Å². The van der Waals surface area contributed by atoms with Gasteiger partial charge in [0.25, 0.3) is 5.89 Å². The fraction of sp³-hybridized carbons (Fsp3) is 0.294. The number of fused-ring (bicyclic) bond motifs is 1. The molecule has 112 valence electrons. The van der Waals surface area contributed by atoms with Crippen molar-refractivity contribution in [1.82, 2.24) is 20.0 Å². The third-order valence-electron chi connectivity index (χ3n) is 4.16. The molecule has 3 aromatic rings. The smallest absolute Gasteiger partial charge is 0.255 e. The van der Waals surface area contributed by atoms with Gasteiger partial charge in [0.2, 0.25) is 5.82 Å². The number of benzene rings is 1. The summed E-state index contributed by atoms with van der Waals surface area (Å²) in [5.74, 6) is 1.28. The molecule has 1 aliphatic rings. The van der Waals surface area contributed by atoms with E-state index in [1.165, 1.54) is 0 Å². The molecule has 0 saturated carbocycles. The number of likely N-dealkylation sites (N-methyl/N-ethyl adjacent to an activating group) is 1. The van der Waals surface area contributed by atoms with Gasteiger partial charge in [0, 0.05) is 35.3 Å². The van der Waals surface area contributed by atoms with Gasteiger partial charge in [0.05, 0.1) is 5.56 Å². The first-order valence-corrected chi connectivity index (χ1v) is 7.52. The van der Waals surface area contributed by atoms with Gasteiger partial charge < -0.3 is 14.4 Å². The van der Waals surface area contributed by atoms with E-state index in [0.29, 0.717) is 11.7 Å². The number of hydrogen-bond acceptors (Lipinski definition) is 4. The monoisotopic (exact) mass is 294 g/mol. The average molecular weight is 294 g/mol. The maximum atomic E-state index is 5.51. The molecule has 22 heavy (non-hydrogen) atoms. The van der Waals surface area contributed by atoms with Gasteiger partial charge in [-0.1, -0.05) is 29.4 Å². The molecule has 0 aliphatic carbocycles. The fourth-order valence-electron chi connectivity index (χ4n) is 3.07. The molecule has 0 spiro atoms. The highest BCUT2D eigenvalue weighted by molar-refractivity contribution is 5.95. The number of rotatable bonds is 2. The summed E-state index contributed by atoms with van der Waals surface area (Å²) in [5.41, 5.74) is 4.29. The number of aromatic nitrogens is 3. The van der Waals surface area contributed by atoms with Crippen molar-refractivity contribution in [2.24, 2.45) is 0 Å². The lowest BCUT2D eigenvalue weighted by atomic mass is 10.1. The van der Waals surface area contributed by atoms with E-state index in [-0.39, 0.29) is 0 Å². The first-order valence-electron chi connectivity index (χ1n) is 7.52. The lowest BCUT2D eigenvalue weighted by Gasteiger charge is -2.20. The third-order valence-corrected chi connectivity index (χ3v) is 4.16. The lowest BCUT2D eigenvalue weighted by Crippen LogP contribution is -2.25. The zero-order valence-electron chi connectivity index (χ0n) is 12.8. The van der Waals surface area contributed by atoms with Crippen LogP contribution in [-0.2, 0) is 0 Å². The molecular weight excluding hydrogens is 276 g/mol. The normalized spacial score (nSPS) is 16.2. The fourth-order valence-corrected chi connectivity index (χ4v) is 3.07. The van der Waals surface area contributed by atoms with Crippen LogP contribution in [0.15, 0.2) is 34.9 Å². The summed E-state index contributed by atoms with van der Waals surface area (Å²) < 4.78 is 5.51. The number of aryl methyl sites for hydroxylation is 1. The summed E-state index contributed by atoms with van der Waals surface area (Å²) in [5, 5.41) is 5.33. The second kappa shape index (κ2) is 5.10. The van der Waals surface area contributed by atoms with Gasteiger partial charge in [-0.05, 0) is 26.5 Å². The van der Waals surface area contributed by atoms with Gasteiger partial charge in [0.15, 0.2) is 0 Å². The first kappa shape index (κ1) is 13.3. The Morgan fingerprint density at radius 2 is 2.14 bits per heavy atom. The molecule has 3 heterocycles. The average Bonchev–Trinajstić information content (AvgIpc) is 3.10. The van der Waals surface area contributed by atoms with Gasteiger partial charge in [-0.15, -0.1) is 0 Å². The molecule has 4 rings (SSSR count). The molecular formula is C17H18N4O. The Bertz CT molecular complexity index is 859. The molecule has 1 aromatic carbocycles. The van der Waals surface area contributed by atoms with Crippen LogP contribution < -0.4 is 0 Å². The van der Waals surface area contributed by atoms with E-state index in [1.807, 2.05) is 19.1 Å². The minimum atomic E-state index is 0.631. The first-order chi connectivity index (χ1) is 10.7. The van der Waals surface area contributed by atoms with E-state index in [9.17, 15) is 0 Å². The molecule has 5 nitrogen and oxygen atoms in total. The molecule has 0 amide bonds. The summed E-state index contributed by atoms with van der Waals surface area (Å²) in [6, 6.07) is 8.19. The van der Waals surface area contributed by atoms with Gasteiger partial charge in [0.1, 0.15) is 0 Å². The number of para-hydroxylation sites is 1. The van der Waals surface area contributed by atoms with Crippen molar-refractivity contribution in [2.75, 3.05) is 20.1 Å². The molecule has 1 aliphatic heterocycles. The minimum absolute atomic E-state index is 0.631. The Morgan fingerprint density at radius 1 is 1.27 bits per heavy atom. The van der Waals surface area contributed by atoms with Crippen LogP contribution in [0.3, 0.4) is 0 Å². The summed E-state index contributed by atoms with van der Waals surface area (Å²) >= 11 is 0. The second-order valence-electron chi connectivity index (χ2n) is 5.85. The number of hydrogen-bond donors (Lipinski definition) is 1. The summed E-state index contributed by atoms with van der Waals surface area (Å²) in [6.07, 6.45) is 3.22. The van der Waals surface area contributed by atoms with Crippen LogP contribution in [0.25, 0.3) is 27.9 Å². The van der Waals surface area contributed by atoms with E-state index in [2.05, 4.69) is 45.3 Å². The van der Waals surface area contributed by atoms with Crippen molar-refractivity contribution in [3.05, 3.63) is 41.9 Å². The van der Waals surface area contributed by atoms with Crippen LogP contribution in [-0.4, -0.2) is 40.2 Å². The molecule has 0 bridgehead atoms. The zero-order valence-corrected chi connectivity index (χ0v) is 12.8. The molecule has 5 heteroatoms. The number of nitrogens with zero attached hydrogens (tertiary/aromatic N) is 3. The van der Waals surface area contributed by atoms with Crippen LogP contribution in [0.4, 0.5) is 0 Å². The molecule has 1 N–H and O–H groups in total. The highest BCUT2D eigenvalue weighted by Crippen LogP contribution is 2.31. The molecule has 0 saturated heterocycles. The van der Waals surface area contributed by atoms with Crippen LogP contribution >= 0.6 is 0 Å². The van der Waals surface area contributed by atoms with Crippen LogP contribution in [0, 0.1) is 6.92 Å². The number of aromatic amines is 1. The Morgan fingerprint density at radius 3 is 3.00 bits per heavy atom. The van der Waals surface area contributed by atoms with Gasteiger partial charge in [-0.3, -0.25) is 0 Å². The van der Waals surface area contributed by atoms with Gasteiger partial charge in [-0.25, -0.2) is 0 Å². The Labute approximate surface area is 128 Å². The Hall–Kier alpha value is -2.40. The molecule has 2 aromatic heterocycles. The number of nitrogens with one attached hydrogen (secondary N) is 1. The quantitative estimate of drug-likeness (QED) is 0.788. The van der Waals surface area contributed by atoms with Crippen molar-refractivity contribution in [1.29, 1.82) is 0 Å². The van der Waals surface area contributed by atoms with Gasteiger partial charge >= 0.3 is 0 Å². The van der Waals surface area contributed by atoms with Crippen molar-refractivity contribution in [2.45, 2.75) is 13.3 Å². The lowest BCUT2D eigenvalue weighted by molar-refractivity contribution is 0.357. The number of H-pyrrole nitrogens is 1. The molecule has 0 radical (unpaired) electrons. The second-order valence-corrected chi connectivity index (χ2v) is 5.85. The largest absolute Gasteiger partial charge is 0.358 e. The van der Waals surface area contributed by atoms with E-state index in [4.69, 9.17) is 4.52 Å². The van der Waals surface area contributed by atoms with Crippen LogP contribution in [0.5, 0.6) is 0 Å². The predicted molar refractivity (Wildman–Crippen MR) is 86.4 cm³/mol. The van der Waals surface area contributed by atoms with E-state index >= 15 is 0 Å². The zero-order chi connectivity index (χ0) is 15.1. The SMILES string of the molecule is Cc1[nH]c2ccccc2c1-c1noc(C2=CCCN(C)C2)n1. The Kier molecular flexibility index (Phi) is 3.08. The maximum Gasteiger partial charge on any atom is 0.255 e. The van der Waals surface area contributed by atoms with E-state index in [1.54, 1.807) is 0 Å². The Balaban J connectivity index is 1.77. The van der Waals surface area contributed by atoms with Gasteiger partial charge in [-0.2, -0.15) is 4.98 Å². The molecule has 0 fully saturated rings. The van der Waals surface area contributed by atoms with Crippen molar-refractivity contribution in [3.63, 3.8) is 0 Å². The van der Waals surface area contributed by atoms with Crippen molar-refractivity contribution >= 4 is 16.5 Å². The van der Waals surface area contributed by atoms with E-state index in [0.717, 1.165) is 47.2 Å². The van der Waals surface area contributed by atoms with Crippen molar-refractivity contribution < 1.29 is 4.52 Å². The summed E-state index contributed by atoms with van der Waals surface area (Å²) in [7, 11) is 2.11. The standard InChI is InChI=1S/C17H18N4O/c1-11-15(13-7-3-4-8-14(13)18-11)16-19-17(22-20-16)12-6-5-9-21(2)10-12/h3-4,6-8,18H,5,9-10H2,1-2H3. The summed E-state index contributed by atoms with van der Waals surface area (Å²) in [6.45, 7) is 3.97. The van der Waals surface area contributed by atoms with Crippen molar-refractivity contribution in [3.8, 4) is 11.4 Å². The third kappa shape index (κ3) is 2.14. The van der Waals surface area contributed by atoms with E-state index < -0.39 is 0 Å². The molecule has 0 unspecified atom stereocenters. The minimum Gasteiger partial charge on any atom is -0.358 e. The van der Waals surface area contributed by atoms with Crippen LogP contribution in [0.2, 0.25) is 0 Å². The topological polar surface area (TPSA) is 58.0 Å². The molecule has 0 atom stereocenters. The highest BCUT2D eigenvalue weighted by atomic mass is 16.5. The summed E-state index contributed by atoms with van der Waals surface area (Å²) in [4.78, 5) is 10.3.